The summed E-state index contributed by atoms with van der Waals surface area (Å²) in [5, 5.41) is 19.1. The Bertz CT molecular complexity index is 983. The summed E-state index contributed by atoms with van der Waals surface area (Å²) < 4.78 is 2.05. The van der Waals surface area contributed by atoms with Crippen molar-refractivity contribution in [3.8, 4) is 0 Å². The Morgan fingerprint density at radius 1 is 1.12 bits per heavy atom. The van der Waals surface area contributed by atoms with E-state index in [1.54, 1.807) is 12.3 Å². The minimum Gasteiger partial charge on any atom is -0.423 e. The molecule has 2 aromatic rings. The van der Waals surface area contributed by atoms with Gasteiger partial charge in [-0.25, -0.2) is 0 Å². The number of rotatable bonds is 1. The van der Waals surface area contributed by atoms with E-state index >= 15 is 0 Å². The summed E-state index contributed by atoms with van der Waals surface area (Å²) in [5.41, 5.74) is 5.05. The van der Waals surface area contributed by atoms with Crippen LogP contribution >= 0.6 is 0 Å². The number of hydrogen-bond donors (Lipinski definition) is 2. The lowest BCUT2D eigenvalue weighted by Crippen LogP contribution is -2.51. The van der Waals surface area contributed by atoms with Crippen LogP contribution < -0.4 is 10.9 Å². The molecule has 4 rings (SSSR count). The second-order valence-corrected chi connectivity index (χ2v) is 8.09. The Morgan fingerprint density at radius 2 is 1.80 bits per heavy atom. The van der Waals surface area contributed by atoms with Gasteiger partial charge in [0.05, 0.1) is 0 Å². The van der Waals surface area contributed by atoms with Crippen LogP contribution in [-0.2, 0) is 12.0 Å². The van der Waals surface area contributed by atoms with Crippen LogP contribution in [0, 0.1) is 5.41 Å². The average molecular weight is 335 g/mol. The summed E-state index contributed by atoms with van der Waals surface area (Å²) in [6, 6.07) is 9.98. The minimum absolute atomic E-state index is 0.0205. The molecule has 1 aliphatic heterocycles. The molecule has 0 amide bonds. The van der Waals surface area contributed by atoms with Gasteiger partial charge >= 0.3 is 7.12 Å². The molecule has 1 aromatic heterocycles. The van der Waals surface area contributed by atoms with Crippen molar-refractivity contribution in [2.75, 3.05) is 0 Å². The smallest absolute Gasteiger partial charge is 0.423 e. The van der Waals surface area contributed by atoms with Crippen molar-refractivity contribution in [1.82, 2.24) is 4.57 Å². The van der Waals surface area contributed by atoms with Crippen LogP contribution in [0.3, 0.4) is 0 Å². The lowest BCUT2D eigenvalue weighted by molar-refractivity contribution is 0.175. The largest absolute Gasteiger partial charge is 0.493 e. The predicted molar refractivity (Wildman–Crippen MR) is 101 cm³/mol. The molecular weight excluding hydrogens is 313 g/mol. The molecule has 5 heteroatoms. The molecule has 2 aliphatic rings. The van der Waals surface area contributed by atoms with Gasteiger partial charge in [0.1, 0.15) is 0 Å². The van der Waals surface area contributed by atoms with Gasteiger partial charge in [-0.15, -0.1) is 0 Å². The summed E-state index contributed by atoms with van der Waals surface area (Å²) in [4.78, 5) is 12.4. The molecule has 0 spiro atoms. The van der Waals surface area contributed by atoms with E-state index in [0.717, 1.165) is 12.1 Å². The zero-order chi connectivity index (χ0) is 18.1. The quantitative estimate of drug-likeness (QED) is 0.781. The Balaban J connectivity index is 2.08. The summed E-state index contributed by atoms with van der Waals surface area (Å²) in [6.07, 6.45) is 2.42. The molecule has 128 valence electrons. The van der Waals surface area contributed by atoms with E-state index in [9.17, 15) is 14.8 Å². The fourth-order valence-corrected chi connectivity index (χ4v) is 4.34. The first kappa shape index (κ1) is 16.4. The SMILES string of the molecule is CC1(C)C2=C(Cc3ccccc32)c2cc(=O)c(B(O)O)cn2C1(C)C. The average Bonchev–Trinajstić information content (AvgIpc) is 2.93. The van der Waals surface area contributed by atoms with Gasteiger partial charge in [0.15, 0.2) is 5.43 Å². The molecule has 0 unspecified atom stereocenters. The van der Waals surface area contributed by atoms with Gasteiger partial charge in [-0.3, -0.25) is 4.79 Å². The Labute approximate surface area is 147 Å². The van der Waals surface area contributed by atoms with Crippen molar-refractivity contribution in [2.24, 2.45) is 5.41 Å². The van der Waals surface area contributed by atoms with E-state index in [4.69, 9.17) is 0 Å². The zero-order valence-electron chi connectivity index (χ0n) is 15.0. The van der Waals surface area contributed by atoms with E-state index < -0.39 is 7.12 Å². The monoisotopic (exact) mass is 335 g/mol. The van der Waals surface area contributed by atoms with Gasteiger partial charge in [0.25, 0.3) is 0 Å². The van der Waals surface area contributed by atoms with Crippen LogP contribution in [0.2, 0.25) is 0 Å². The lowest BCUT2D eigenvalue weighted by atomic mass is 9.64. The van der Waals surface area contributed by atoms with Gasteiger partial charge < -0.3 is 14.6 Å². The number of hydrogen-bond acceptors (Lipinski definition) is 3. The second-order valence-electron chi connectivity index (χ2n) is 8.09. The van der Waals surface area contributed by atoms with E-state index in [0.29, 0.717) is 0 Å². The third-order valence-electron chi connectivity index (χ3n) is 6.38. The van der Waals surface area contributed by atoms with Crippen LogP contribution in [0.4, 0.5) is 0 Å². The molecule has 1 aliphatic carbocycles. The van der Waals surface area contributed by atoms with Crippen LogP contribution in [0.15, 0.2) is 41.3 Å². The standard InChI is InChI=1S/C20H22BNO3/c1-19(2)18-13-8-6-5-7-12(13)9-14(18)16-10-17(23)15(21(24)25)11-22(16)20(19,3)4/h5-8,10-11,24-25H,9H2,1-4H3. The van der Waals surface area contributed by atoms with Gasteiger partial charge in [-0.2, -0.15) is 0 Å². The molecule has 4 nitrogen and oxygen atoms in total. The second kappa shape index (κ2) is 4.96. The Hall–Kier alpha value is -2.11. The van der Waals surface area contributed by atoms with Crippen LogP contribution in [0.1, 0.15) is 44.5 Å². The van der Waals surface area contributed by atoms with Gasteiger partial charge in [-0.1, -0.05) is 38.1 Å². The summed E-state index contributed by atoms with van der Waals surface area (Å²) in [7, 11) is -1.76. The molecular formula is C20H22BNO3. The maximum atomic E-state index is 12.4. The first-order chi connectivity index (χ1) is 11.7. The highest BCUT2D eigenvalue weighted by atomic mass is 16.4. The highest BCUT2D eigenvalue weighted by Crippen LogP contribution is 2.57. The van der Waals surface area contributed by atoms with Crippen LogP contribution in [0.5, 0.6) is 0 Å². The van der Waals surface area contributed by atoms with Crippen molar-refractivity contribution in [2.45, 2.75) is 39.7 Å². The third-order valence-corrected chi connectivity index (χ3v) is 6.38. The molecule has 0 bridgehead atoms. The minimum atomic E-state index is -1.76. The van der Waals surface area contributed by atoms with E-state index in [-0.39, 0.29) is 21.8 Å². The van der Waals surface area contributed by atoms with Gasteiger partial charge in [0.2, 0.25) is 0 Å². The van der Waals surface area contributed by atoms with E-state index in [1.165, 1.54) is 22.3 Å². The maximum Gasteiger partial charge on any atom is 0.493 e. The number of benzene rings is 1. The number of fused-ring (bicyclic) bond motifs is 4. The molecule has 25 heavy (non-hydrogen) atoms. The summed E-state index contributed by atoms with van der Waals surface area (Å²) in [6.45, 7) is 8.72. The molecule has 0 saturated heterocycles. The summed E-state index contributed by atoms with van der Waals surface area (Å²) in [5.74, 6) is 0. The van der Waals surface area contributed by atoms with Crippen molar-refractivity contribution in [3.63, 3.8) is 0 Å². The highest BCUT2D eigenvalue weighted by Gasteiger charge is 2.49. The van der Waals surface area contributed by atoms with Crippen molar-refractivity contribution < 1.29 is 10.0 Å². The van der Waals surface area contributed by atoms with Crippen LogP contribution in [-0.4, -0.2) is 21.7 Å². The van der Waals surface area contributed by atoms with Crippen molar-refractivity contribution >= 4 is 23.7 Å². The number of pyridine rings is 1. The van der Waals surface area contributed by atoms with Gasteiger partial charge in [0, 0.05) is 40.8 Å². The first-order valence-corrected chi connectivity index (χ1v) is 8.62. The fourth-order valence-electron chi connectivity index (χ4n) is 4.34. The molecule has 1 aromatic carbocycles. The lowest BCUT2D eigenvalue weighted by Gasteiger charge is -2.50. The molecule has 2 heterocycles. The summed E-state index contributed by atoms with van der Waals surface area (Å²) >= 11 is 0. The molecule has 0 saturated carbocycles. The normalized spacial score (nSPS) is 19.3. The number of aromatic nitrogens is 1. The van der Waals surface area contributed by atoms with E-state index in [2.05, 4.69) is 45.9 Å². The maximum absolute atomic E-state index is 12.4. The highest BCUT2D eigenvalue weighted by molar-refractivity contribution is 6.58. The third kappa shape index (κ3) is 2.00. The number of allylic oxidation sites excluding steroid dienone is 2. The Morgan fingerprint density at radius 3 is 2.48 bits per heavy atom. The predicted octanol–water partition coefficient (Wildman–Crippen LogP) is 1.77. The fraction of sp³-hybridized carbons (Fsp3) is 0.350. The van der Waals surface area contributed by atoms with Crippen molar-refractivity contribution in [1.29, 1.82) is 0 Å². The van der Waals surface area contributed by atoms with Gasteiger partial charge in [-0.05, 0) is 36.1 Å². The Kier molecular flexibility index (Phi) is 3.25. The molecule has 0 atom stereocenters. The molecule has 0 fully saturated rings. The number of nitrogens with zero attached hydrogens (tertiary/aromatic N) is 1. The zero-order valence-corrected chi connectivity index (χ0v) is 15.0. The molecule has 2 N–H and O–H groups in total. The van der Waals surface area contributed by atoms with Crippen molar-refractivity contribution in [3.05, 3.63) is 63.6 Å². The first-order valence-electron chi connectivity index (χ1n) is 8.62. The van der Waals surface area contributed by atoms with E-state index in [1.807, 2.05) is 10.6 Å². The topological polar surface area (TPSA) is 62.5 Å². The molecule has 0 radical (unpaired) electrons. The van der Waals surface area contributed by atoms with Crippen LogP contribution in [0.25, 0.3) is 11.1 Å².